The molecule has 0 aromatic heterocycles. The first-order valence-electron chi connectivity index (χ1n) is 8.00. The lowest BCUT2D eigenvalue weighted by molar-refractivity contribution is 0.361. The van der Waals surface area contributed by atoms with Gasteiger partial charge in [-0.1, -0.05) is 57.0 Å². The third-order valence-corrected chi connectivity index (χ3v) is 5.08. The van der Waals surface area contributed by atoms with Crippen LogP contribution >= 0.6 is 0 Å². The Morgan fingerprint density at radius 1 is 1.00 bits per heavy atom. The van der Waals surface area contributed by atoms with Gasteiger partial charge in [0.1, 0.15) is 0 Å². The maximum Gasteiger partial charge on any atom is 0.0352 e. The molecule has 1 heteroatoms. The SMILES string of the molecule is CCC(CC)C(NC)c1ccc2c3c(cccc13)CC2. The molecule has 0 heterocycles. The second kappa shape index (κ2) is 5.57. The molecule has 1 aliphatic rings. The van der Waals surface area contributed by atoms with Gasteiger partial charge in [-0.15, -0.1) is 0 Å². The van der Waals surface area contributed by atoms with Gasteiger partial charge in [-0.3, -0.25) is 0 Å². The van der Waals surface area contributed by atoms with Crippen molar-refractivity contribution in [3.63, 3.8) is 0 Å². The van der Waals surface area contributed by atoms with Crippen LogP contribution in [0, 0.1) is 5.92 Å². The second-order valence-electron chi connectivity index (χ2n) is 6.00. The second-order valence-corrected chi connectivity index (χ2v) is 6.00. The van der Waals surface area contributed by atoms with Crippen molar-refractivity contribution in [2.75, 3.05) is 7.05 Å². The zero-order valence-corrected chi connectivity index (χ0v) is 12.9. The van der Waals surface area contributed by atoms with Gasteiger partial charge in [-0.05, 0) is 53.3 Å². The molecular formula is C19H25N. The lowest BCUT2D eigenvalue weighted by atomic mass is 9.85. The van der Waals surface area contributed by atoms with Gasteiger partial charge in [0.15, 0.2) is 0 Å². The van der Waals surface area contributed by atoms with E-state index in [0.29, 0.717) is 12.0 Å². The fourth-order valence-electron chi connectivity index (χ4n) is 3.95. The van der Waals surface area contributed by atoms with E-state index in [4.69, 9.17) is 0 Å². The number of aryl methyl sites for hydroxylation is 2. The summed E-state index contributed by atoms with van der Waals surface area (Å²) in [5, 5.41) is 6.59. The van der Waals surface area contributed by atoms with E-state index in [1.54, 1.807) is 11.1 Å². The quantitative estimate of drug-likeness (QED) is 0.832. The van der Waals surface area contributed by atoms with Crippen molar-refractivity contribution < 1.29 is 0 Å². The minimum absolute atomic E-state index is 0.467. The molecule has 0 spiro atoms. The first kappa shape index (κ1) is 13.6. The minimum Gasteiger partial charge on any atom is -0.313 e. The van der Waals surface area contributed by atoms with Crippen LogP contribution in [0.1, 0.15) is 49.4 Å². The molecule has 1 unspecified atom stereocenters. The van der Waals surface area contributed by atoms with Crippen molar-refractivity contribution in [3.8, 4) is 0 Å². The van der Waals surface area contributed by atoms with Crippen LogP contribution in [0.25, 0.3) is 10.8 Å². The molecule has 0 saturated heterocycles. The number of hydrogen-bond donors (Lipinski definition) is 1. The average molecular weight is 267 g/mol. The largest absolute Gasteiger partial charge is 0.313 e. The molecule has 0 fully saturated rings. The van der Waals surface area contributed by atoms with Crippen molar-refractivity contribution in [2.24, 2.45) is 5.92 Å². The van der Waals surface area contributed by atoms with Crippen molar-refractivity contribution in [1.29, 1.82) is 0 Å². The summed E-state index contributed by atoms with van der Waals surface area (Å²) < 4.78 is 0. The van der Waals surface area contributed by atoms with Gasteiger partial charge in [0, 0.05) is 6.04 Å². The predicted molar refractivity (Wildman–Crippen MR) is 87.2 cm³/mol. The van der Waals surface area contributed by atoms with E-state index in [0.717, 1.165) is 0 Å². The highest BCUT2D eigenvalue weighted by molar-refractivity contribution is 5.93. The monoisotopic (exact) mass is 267 g/mol. The molecule has 0 amide bonds. The molecule has 106 valence electrons. The molecule has 1 aliphatic carbocycles. The Hall–Kier alpha value is -1.34. The van der Waals surface area contributed by atoms with Crippen LogP contribution in [-0.2, 0) is 12.8 Å². The maximum atomic E-state index is 3.57. The summed E-state index contributed by atoms with van der Waals surface area (Å²) in [6, 6.07) is 12.0. The Bertz CT molecular complexity index is 600. The van der Waals surface area contributed by atoms with Gasteiger partial charge in [0.05, 0.1) is 0 Å². The van der Waals surface area contributed by atoms with E-state index in [1.165, 1.54) is 42.0 Å². The molecule has 0 bridgehead atoms. The third kappa shape index (κ3) is 2.05. The molecule has 20 heavy (non-hydrogen) atoms. The van der Waals surface area contributed by atoms with E-state index in [-0.39, 0.29) is 0 Å². The number of nitrogens with one attached hydrogen (secondary N) is 1. The summed E-state index contributed by atoms with van der Waals surface area (Å²) in [7, 11) is 2.10. The number of rotatable bonds is 5. The number of hydrogen-bond acceptors (Lipinski definition) is 1. The fraction of sp³-hybridized carbons (Fsp3) is 0.474. The lowest BCUT2D eigenvalue weighted by Gasteiger charge is -2.27. The molecule has 0 aliphatic heterocycles. The lowest BCUT2D eigenvalue weighted by Crippen LogP contribution is -2.24. The fourth-order valence-corrected chi connectivity index (χ4v) is 3.95. The van der Waals surface area contributed by atoms with Gasteiger partial charge < -0.3 is 5.32 Å². The number of benzene rings is 2. The van der Waals surface area contributed by atoms with Gasteiger partial charge in [0.25, 0.3) is 0 Å². The zero-order valence-electron chi connectivity index (χ0n) is 12.9. The van der Waals surface area contributed by atoms with Crippen LogP contribution in [0.2, 0.25) is 0 Å². The van der Waals surface area contributed by atoms with E-state index < -0.39 is 0 Å². The standard InChI is InChI=1S/C19H25N/c1-4-13(5-2)19(20-3)17-12-11-15-10-9-14-7-6-8-16(17)18(14)15/h6-8,11-13,19-20H,4-5,9-10H2,1-3H3. The predicted octanol–water partition coefficient (Wildman–Crippen LogP) is 4.64. The van der Waals surface area contributed by atoms with E-state index in [2.05, 4.69) is 56.5 Å². The average Bonchev–Trinajstić information content (AvgIpc) is 2.91. The first-order chi connectivity index (χ1) is 9.80. The van der Waals surface area contributed by atoms with E-state index in [1.807, 2.05) is 0 Å². The third-order valence-electron chi connectivity index (χ3n) is 5.08. The normalized spacial score (nSPS) is 15.2. The smallest absolute Gasteiger partial charge is 0.0352 e. The van der Waals surface area contributed by atoms with Crippen LogP contribution in [0.4, 0.5) is 0 Å². The summed E-state index contributed by atoms with van der Waals surface area (Å²) in [5.41, 5.74) is 4.57. The summed E-state index contributed by atoms with van der Waals surface area (Å²) in [5.74, 6) is 0.707. The summed E-state index contributed by atoms with van der Waals surface area (Å²) in [6.45, 7) is 4.61. The molecule has 1 N–H and O–H groups in total. The first-order valence-corrected chi connectivity index (χ1v) is 8.00. The van der Waals surface area contributed by atoms with Gasteiger partial charge in [-0.2, -0.15) is 0 Å². The van der Waals surface area contributed by atoms with Gasteiger partial charge in [-0.25, -0.2) is 0 Å². The van der Waals surface area contributed by atoms with Crippen LogP contribution < -0.4 is 5.32 Å². The van der Waals surface area contributed by atoms with E-state index >= 15 is 0 Å². The van der Waals surface area contributed by atoms with Gasteiger partial charge >= 0.3 is 0 Å². The molecular weight excluding hydrogens is 242 g/mol. The van der Waals surface area contributed by atoms with Crippen molar-refractivity contribution in [3.05, 3.63) is 47.0 Å². The van der Waals surface area contributed by atoms with E-state index in [9.17, 15) is 0 Å². The molecule has 3 rings (SSSR count). The van der Waals surface area contributed by atoms with Gasteiger partial charge in [0.2, 0.25) is 0 Å². The van der Waals surface area contributed by atoms with Crippen LogP contribution in [0.5, 0.6) is 0 Å². The topological polar surface area (TPSA) is 12.0 Å². The molecule has 1 atom stereocenters. The molecule has 1 nitrogen and oxygen atoms in total. The molecule has 2 aromatic carbocycles. The van der Waals surface area contributed by atoms with Crippen molar-refractivity contribution in [1.82, 2.24) is 5.32 Å². The van der Waals surface area contributed by atoms with Crippen LogP contribution in [-0.4, -0.2) is 7.05 Å². The highest BCUT2D eigenvalue weighted by Gasteiger charge is 2.23. The zero-order chi connectivity index (χ0) is 14.1. The minimum atomic E-state index is 0.467. The summed E-state index contributed by atoms with van der Waals surface area (Å²) in [4.78, 5) is 0. The Kier molecular flexibility index (Phi) is 3.80. The highest BCUT2D eigenvalue weighted by atomic mass is 14.9. The summed E-state index contributed by atoms with van der Waals surface area (Å²) in [6.07, 6.45) is 4.88. The summed E-state index contributed by atoms with van der Waals surface area (Å²) >= 11 is 0. The Morgan fingerprint density at radius 2 is 1.70 bits per heavy atom. The Balaban J connectivity index is 2.17. The van der Waals surface area contributed by atoms with Crippen molar-refractivity contribution >= 4 is 10.8 Å². The molecule has 0 saturated carbocycles. The van der Waals surface area contributed by atoms with Crippen LogP contribution in [0.15, 0.2) is 30.3 Å². The van der Waals surface area contributed by atoms with Crippen molar-refractivity contribution in [2.45, 2.75) is 45.6 Å². The highest BCUT2D eigenvalue weighted by Crippen LogP contribution is 2.37. The molecule has 2 aromatic rings. The molecule has 0 radical (unpaired) electrons. The maximum absolute atomic E-state index is 3.57. The van der Waals surface area contributed by atoms with Crippen LogP contribution in [0.3, 0.4) is 0 Å². The Morgan fingerprint density at radius 3 is 2.35 bits per heavy atom. The Labute approximate surface area is 122 Å².